The summed E-state index contributed by atoms with van der Waals surface area (Å²) < 4.78 is 9.24. The normalized spacial score (nSPS) is 14.2. The van der Waals surface area contributed by atoms with E-state index in [0.29, 0.717) is 13.2 Å². The SMILES string of the molecule is c1ccc(-c2ccn(-c3cc(N4CCOCC4)n4nc(-c5cncnc5)cc4n3)n2)cc1. The monoisotopic (exact) mass is 424 g/mol. The van der Waals surface area contributed by atoms with Crippen molar-refractivity contribution in [2.75, 3.05) is 31.2 Å². The lowest BCUT2D eigenvalue weighted by molar-refractivity contribution is 0.122. The van der Waals surface area contributed by atoms with Crippen LogP contribution in [0.2, 0.25) is 0 Å². The van der Waals surface area contributed by atoms with E-state index in [2.05, 4.69) is 14.9 Å². The van der Waals surface area contributed by atoms with Crippen molar-refractivity contribution in [1.82, 2.24) is 34.3 Å². The Bertz CT molecular complexity index is 1360. The van der Waals surface area contributed by atoms with Gasteiger partial charge in [-0.25, -0.2) is 19.6 Å². The molecule has 158 valence electrons. The molecule has 0 spiro atoms. The number of morpholine rings is 1. The van der Waals surface area contributed by atoms with Crippen molar-refractivity contribution in [1.29, 1.82) is 0 Å². The third kappa shape index (κ3) is 3.38. The summed E-state index contributed by atoms with van der Waals surface area (Å²) in [4.78, 5) is 15.4. The van der Waals surface area contributed by atoms with E-state index in [1.807, 2.05) is 63.9 Å². The second kappa shape index (κ2) is 7.86. The molecule has 0 aliphatic carbocycles. The molecule has 0 radical (unpaired) electrons. The van der Waals surface area contributed by atoms with Crippen molar-refractivity contribution in [3.05, 3.63) is 73.4 Å². The number of ether oxygens (including phenoxy) is 1. The number of rotatable bonds is 4. The van der Waals surface area contributed by atoms with Gasteiger partial charge >= 0.3 is 0 Å². The first-order valence-corrected chi connectivity index (χ1v) is 10.5. The second-order valence-corrected chi connectivity index (χ2v) is 7.51. The molecule has 1 aliphatic rings. The van der Waals surface area contributed by atoms with Crippen LogP contribution in [-0.2, 0) is 4.74 Å². The highest BCUT2D eigenvalue weighted by atomic mass is 16.5. The maximum atomic E-state index is 5.55. The zero-order valence-electron chi connectivity index (χ0n) is 17.2. The van der Waals surface area contributed by atoms with Crippen molar-refractivity contribution in [2.24, 2.45) is 0 Å². The van der Waals surface area contributed by atoms with Gasteiger partial charge in [0.25, 0.3) is 0 Å². The van der Waals surface area contributed by atoms with E-state index in [9.17, 15) is 0 Å². The Morgan fingerprint density at radius 3 is 2.44 bits per heavy atom. The van der Waals surface area contributed by atoms with E-state index < -0.39 is 0 Å². The van der Waals surface area contributed by atoms with Crippen LogP contribution in [0.5, 0.6) is 0 Å². The maximum Gasteiger partial charge on any atom is 0.160 e. The van der Waals surface area contributed by atoms with E-state index >= 15 is 0 Å². The lowest BCUT2D eigenvalue weighted by Gasteiger charge is -2.29. The molecular formula is C23H20N8O. The van der Waals surface area contributed by atoms with Crippen LogP contribution < -0.4 is 4.90 Å². The molecule has 0 bridgehead atoms. The average Bonchev–Trinajstić information content (AvgIpc) is 3.53. The van der Waals surface area contributed by atoms with E-state index in [-0.39, 0.29) is 0 Å². The Morgan fingerprint density at radius 1 is 0.812 bits per heavy atom. The molecule has 5 heterocycles. The number of nitrogens with zero attached hydrogens (tertiary/aromatic N) is 8. The standard InChI is InChI=1S/C23H20N8O/c1-2-4-17(5-3-1)19-6-7-30(27-19)21-13-23(29-8-10-32-11-9-29)31-22(26-21)12-20(28-31)18-14-24-16-25-15-18/h1-7,12-16H,8-11H2. The Morgan fingerprint density at radius 2 is 1.62 bits per heavy atom. The third-order valence-corrected chi connectivity index (χ3v) is 5.48. The molecule has 1 aromatic carbocycles. The van der Waals surface area contributed by atoms with Gasteiger partial charge in [0.05, 0.1) is 24.6 Å². The predicted molar refractivity (Wildman–Crippen MR) is 120 cm³/mol. The summed E-state index contributed by atoms with van der Waals surface area (Å²) in [6, 6.07) is 16.1. The molecular weight excluding hydrogens is 404 g/mol. The fraction of sp³-hybridized carbons (Fsp3) is 0.174. The van der Waals surface area contributed by atoms with Crippen LogP contribution >= 0.6 is 0 Å². The van der Waals surface area contributed by atoms with Gasteiger partial charge in [-0.1, -0.05) is 30.3 Å². The van der Waals surface area contributed by atoms with E-state index in [1.54, 1.807) is 12.4 Å². The Balaban J connectivity index is 1.48. The second-order valence-electron chi connectivity index (χ2n) is 7.51. The minimum Gasteiger partial charge on any atom is -0.378 e. The van der Waals surface area contributed by atoms with Gasteiger partial charge in [-0.3, -0.25) is 0 Å². The number of hydrogen-bond acceptors (Lipinski definition) is 7. The number of hydrogen-bond donors (Lipinski definition) is 0. The molecule has 1 saturated heterocycles. The molecule has 0 N–H and O–H groups in total. The molecule has 5 aromatic rings. The van der Waals surface area contributed by atoms with Gasteiger partial charge in [-0.15, -0.1) is 0 Å². The molecule has 32 heavy (non-hydrogen) atoms. The summed E-state index contributed by atoms with van der Waals surface area (Å²) in [6.07, 6.45) is 6.96. The molecule has 1 fully saturated rings. The Kier molecular flexibility index (Phi) is 4.58. The molecule has 9 nitrogen and oxygen atoms in total. The van der Waals surface area contributed by atoms with Gasteiger partial charge in [-0.05, 0) is 6.07 Å². The van der Waals surface area contributed by atoms with Crippen LogP contribution in [0.1, 0.15) is 0 Å². The van der Waals surface area contributed by atoms with Gasteiger partial charge in [0.2, 0.25) is 0 Å². The predicted octanol–water partition coefficient (Wildman–Crippen LogP) is 2.88. The van der Waals surface area contributed by atoms with E-state index in [0.717, 1.165) is 52.9 Å². The summed E-state index contributed by atoms with van der Waals surface area (Å²) in [5.74, 6) is 1.69. The van der Waals surface area contributed by atoms with Gasteiger partial charge in [-0.2, -0.15) is 14.7 Å². The first-order valence-electron chi connectivity index (χ1n) is 10.5. The summed E-state index contributed by atoms with van der Waals surface area (Å²) >= 11 is 0. The van der Waals surface area contributed by atoms with Crippen LogP contribution in [0.15, 0.2) is 73.4 Å². The molecule has 9 heteroatoms. The largest absolute Gasteiger partial charge is 0.378 e. The summed E-state index contributed by atoms with van der Waals surface area (Å²) in [6.45, 7) is 2.94. The summed E-state index contributed by atoms with van der Waals surface area (Å²) in [7, 11) is 0. The van der Waals surface area contributed by atoms with Gasteiger partial charge in [0.1, 0.15) is 12.1 Å². The highest BCUT2D eigenvalue weighted by Crippen LogP contribution is 2.25. The zero-order chi connectivity index (χ0) is 21.3. The fourth-order valence-electron chi connectivity index (χ4n) is 3.87. The van der Waals surface area contributed by atoms with Crippen molar-refractivity contribution in [3.63, 3.8) is 0 Å². The summed E-state index contributed by atoms with van der Waals surface area (Å²) in [5, 5.41) is 9.58. The van der Waals surface area contributed by atoms with Crippen molar-refractivity contribution < 1.29 is 4.74 Å². The first kappa shape index (κ1) is 18.6. The highest BCUT2D eigenvalue weighted by molar-refractivity contribution is 5.66. The lowest BCUT2D eigenvalue weighted by Crippen LogP contribution is -2.37. The van der Waals surface area contributed by atoms with Crippen molar-refractivity contribution in [3.8, 4) is 28.3 Å². The quantitative estimate of drug-likeness (QED) is 0.438. The van der Waals surface area contributed by atoms with Gasteiger partial charge < -0.3 is 9.64 Å². The zero-order valence-corrected chi connectivity index (χ0v) is 17.2. The van der Waals surface area contributed by atoms with E-state index in [4.69, 9.17) is 19.9 Å². The fourth-order valence-corrected chi connectivity index (χ4v) is 3.87. The minimum absolute atomic E-state index is 0.680. The number of aromatic nitrogens is 7. The first-order chi connectivity index (χ1) is 15.8. The maximum absolute atomic E-state index is 5.55. The smallest absolute Gasteiger partial charge is 0.160 e. The molecule has 1 aliphatic heterocycles. The Labute approximate surface area is 184 Å². The van der Waals surface area contributed by atoms with Gasteiger partial charge in [0.15, 0.2) is 11.5 Å². The van der Waals surface area contributed by atoms with Crippen LogP contribution in [0.3, 0.4) is 0 Å². The topological polar surface area (TPSA) is 86.3 Å². The Hall–Kier alpha value is -4.11. The molecule has 0 amide bonds. The van der Waals surface area contributed by atoms with Crippen molar-refractivity contribution >= 4 is 11.5 Å². The minimum atomic E-state index is 0.680. The molecule has 0 atom stereocenters. The van der Waals surface area contributed by atoms with Crippen LogP contribution in [0, 0.1) is 0 Å². The number of benzene rings is 1. The van der Waals surface area contributed by atoms with Crippen LogP contribution in [0.4, 0.5) is 5.82 Å². The number of fused-ring (bicyclic) bond motifs is 1. The average molecular weight is 424 g/mol. The number of anilines is 1. The summed E-state index contributed by atoms with van der Waals surface area (Å²) in [5.41, 5.74) is 4.32. The molecule has 6 rings (SSSR count). The van der Waals surface area contributed by atoms with Crippen LogP contribution in [0.25, 0.3) is 34.0 Å². The lowest BCUT2D eigenvalue weighted by atomic mass is 10.2. The van der Waals surface area contributed by atoms with E-state index in [1.165, 1.54) is 6.33 Å². The molecule has 0 saturated carbocycles. The highest BCUT2D eigenvalue weighted by Gasteiger charge is 2.19. The molecule has 4 aromatic heterocycles. The van der Waals surface area contributed by atoms with Crippen LogP contribution in [-0.4, -0.2) is 60.6 Å². The molecule has 0 unspecified atom stereocenters. The third-order valence-electron chi connectivity index (χ3n) is 5.48. The van der Waals surface area contributed by atoms with Crippen molar-refractivity contribution in [2.45, 2.75) is 0 Å². The van der Waals surface area contributed by atoms with Gasteiger partial charge in [0, 0.05) is 54.9 Å².